The van der Waals surface area contributed by atoms with Crippen LogP contribution in [0.4, 0.5) is 0 Å². The van der Waals surface area contributed by atoms with Crippen LogP contribution in [0.2, 0.25) is 0 Å². The van der Waals surface area contributed by atoms with Crippen LogP contribution in [0.15, 0.2) is 23.4 Å². The van der Waals surface area contributed by atoms with Gasteiger partial charge in [0, 0.05) is 0 Å². The van der Waals surface area contributed by atoms with Gasteiger partial charge in [0.25, 0.3) is 0 Å². The third-order valence-electron chi connectivity index (χ3n) is 4.81. The van der Waals surface area contributed by atoms with E-state index in [9.17, 15) is 10.1 Å². The van der Waals surface area contributed by atoms with Crippen molar-refractivity contribution < 1.29 is 4.79 Å². The SMILES string of the molecule is Cc1ccc(-n2nnnc2SCC(=O)NC2(C#N)CCCCC2)cc1C. The normalized spacial score (nSPS) is 16.0. The van der Waals surface area contributed by atoms with Crippen LogP contribution in [-0.2, 0) is 4.79 Å². The summed E-state index contributed by atoms with van der Waals surface area (Å²) in [6.45, 7) is 4.09. The molecule has 0 spiro atoms. The molecule has 1 aromatic carbocycles. The van der Waals surface area contributed by atoms with E-state index in [2.05, 4.69) is 33.8 Å². The second kappa shape index (κ2) is 7.87. The van der Waals surface area contributed by atoms with Gasteiger partial charge in [0.2, 0.25) is 11.1 Å². The maximum absolute atomic E-state index is 12.4. The first-order chi connectivity index (χ1) is 12.5. The summed E-state index contributed by atoms with van der Waals surface area (Å²) < 4.78 is 1.63. The molecule has 8 heteroatoms. The molecule has 0 atom stereocenters. The molecule has 7 nitrogen and oxygen atoms in total. The van der Waals surface area contributed by atoms with Crippen molar-refractivity contribution in [3.8, 4) is 11.8 Å². The number of carbonyl (C=O) groups excluding carboxylic acids is 1. The molecule has 1 fully saturated rings. The maximum atomic E-state index is 12.4. The smallest absolute Gasteiger partial charge is 0.231 e. The standard InChI is InChI=1S/C18H22N6OS/c1-13-6-7-15(10-14(13)2)24-17(21-22-23-24)26-11-16(25)20-18(12-19)8-4-3-5-9-18/h6-7,10H,3-5,8-9,11H2,1-2H3,(H,20,25). The van der Waals surface area contributed by atoms with E-state index >= 15 is 0 Å². The zero-order valence-electron chi connectivity index (χ0n) is 15.0. The lowest BCUT2D eigenvalue weighted by Gasteiger charge is -2.31. The van der Waals surface area contributed by atoms with Gasteiger partial charge in [-0.1, -0.05) is 37.1 Å². The quantitative estimate of drug-likeness (QED) is 0.813. The van der Waals surface area contributed by atoms with Gasteiger partial charge in [-0.25, -0.2) is 0 Å². The molecule has 0 saturated heterocycles. The molecular weight excluding hydrogens is 348 g/mol. The second-order valence-corrected chi connectivity index (χ2v) is 7.68. The largest absolute Gasteiger partial charge is 0.337 e. The number of aryl methyl sites for hydroxylation is 2. The van der Waals surface area contributed by atoms with E-state index in [1.54, 1.807) is 4.68 Å². The number of nitrogens with one attached hydrogen (secondary N) is 1. The van der Waals surface area contributed by atoms with Gasteiger partial charge in [-0.3, -0.25) is 4.79 Å². The van der Waals surface area contributed by atoms with Gasteiger partial charge in [-0.05, 0) is 60.4 Å². The molecular formula is C18H22N6OS. The Morgan fingerprint density at radius 1 is 1.31 bits per heavy atom. The van der Waals surface area contributed by atoms with Gasteiger partial charge in [-0.15, -0.1) is 5.10 Å². The summed E-state index contributed by atoms with van der Waals surface area (Å²) in [6.07, 6.45) is 4.53. The Morgan fingerprint density at radius 3 is 2.77 bits per heavy atom. The molecule has 3 rings (SSSR count). The van der Waals surface area contributed by atoms with Crippen LogP contribution >= 0.6 is 11.8 Å². The Hall–Kier alpha value is -2.40. The summed E-state index contributed by atoms with van der Waals surface area (Å²) in [6, 6.07) is 8.29. The van der Waals surface area contributed by atoms with Crippen molar-refractivity contribution in [2.24, 2.45) is 0 Å². The highest BCUT2D eigenvalue weighted by atomic mass is 32.2. The molecule has 0 unspecified atom stereocenters. The Morgan fingerprint density at radius 2 is 2.08 bits per heavy atom. The Balaban J connectivity index is 1.65. The van der Waals surface area contributed by atoms with Crippen molar-refractivity contribution in [3.63, 3.8) is 0 Å². The number of carbonyl (C=O) groups is 1. The van der Waals surface area contributed by atoms with Crippen LogP contribution < -0.4 is 5.32 Å². The van der Waals surface area contributed by atoms with Crippen LogP contribution in [-0.4, -0.2) is 37.4 Å². The van der Waals surface area contributed by atoms with Crippen LogP contribution in [0.5, 0.6) is 0 Å². The molecule has 2 aromatic rings. The average molecular weight is 370 g/mol. The molecule has 1 saturated carbocycles. The summed E-state index contributed by atoms with van der Waals surface area (Å²) in [7, 11) is 0. The molecule has 26 heavy (non-hydrogen) atoms. The third kappa shape index (κ3) is 4.05. The number of tetrazole rings is 1. The van der Waals surface area contributed by atoms with E-state index < -0.39 is 5.54 Å². The van der Waals surface area contributed by atoms with Crippen molar-refractivity contribution in [1.29, 1.82) is 5.26 Å². The van der Waals surface area contributed by atoms with Gasteiger partial charge in [-0.2, -0.15) is 9.94 Å². The molecule has 0 bridgehead atoms. The predicted octanol–water partition coefficient (Wildman–Crippen LogP) is 2.71. The zero-order valence-corrected chi connectivity index (χ0v) is 15.8. The topological polar surface area (TPSA) is 96.5 Å². The summed E-state index contributed by atoms with van der Waals surface area (Å²) >= 11 is 1.27. The molecule has 0 radical (unpaired) electrons. The van der Waals surface area contributed by atoms with E-state index in [-0.39, 0.29) is 11.7 Å². The molecule has 0 aliphatic heterocycles. The lowest BCUT2D eigenvalue weighted by molar-refractivity contribution is -0.120. The van der Waals surface area contributed by atoms with E-state index in [1.807, 2.05) is 25.1 Å². The number of aromatic nitrogens is 4. The van der Waals surface area contributed by atoms with Gasteiger partial charge in [0.05, 0.1) is 17.5 Å². The van der Waals surface area contributed by atoms with E-state index in [0.29, 0.717) is 5.16 Å². The van der Waals surface area contributed by atoms with E-state index in [0.717, 1.165) is 43.4 Å². The first kappa shape index (κ1) is 18.4. The number of amides is 1. The van der Waals surface area contributed by atoms with Crippen LogP contribution in [0.1, 0.15) is 43.2 Å². The van der Waals surface area contributed by atoms with Crippen molar-refractivity contribution >= 4 is 17.7 Å². The van der Waals surface area contributed by atoms with Crippen LogP contribution in [0.3, 0.4) is 0 Å². The van der Waals surface area contributed by atoms with Crippen LogP contribution in [0, 0.1) is 25.2 Å². The van der Waals surface area contributed by atoms with Gasteiger partial charge in [0.15, 0.2) is 0 Å². The number of thioether (sulfide) groups is 1. The first-order valence-corrected chi connectivity index (χ1v) is 9.73. The molecule has 136 valence electrons. The number of hydrogen-bond donors (Lipinski definition) is 1. The van der Waals surface area contributed by atoms with E-state index in [1.165, 1.54) is 17.3 Å². The number of nitrogens with zero attached hydrogens (tertiary/aromatic N) is 5. The Kier molecular flexibility index (Phi) is 5.57. The fourth-order valence-corrected chi connectivity index (χ4v) is 3.83. The minimum absolute atomic E-state index is 0.159. The lowest BCUT2D eigenvalue weighted by Crippen LogP contribution is -2.49. The van der Waals surface area contributed by atoms with Gasteiger partial charge < -0.3 is 5.32 Å². The maximum Gasteiger partial charge on any atom is 0.231 e. The number of benzene rings is 1. The zero-order chi connectivity index (χ0) is 18.6. The number of rotatable bonds is 5. The lowest BCUT2D eigenvalue weighted by atomic mass is 9.83. The summed E-state index contributed by atoms with van der Waals surface area (Å²) in [5.41, 5.74) is 2.50. The molecule has 1 aliphatic rings. The Bertz CT molecular complexity index is 834. The van der Waals surface area contributed by atoms with Gasteiger partial charge >= 0.3 is 0 Å². The number of nitriles is 1. The molecule has 1 heterocycles. The second-order valence-electron chi connectivity index (χ2n) is 6.73. The summed E-state index contributed by atoms with van der Waals surface area (Å²) in [5.74, 6) is 0.0161. The number of hydrogen-bond acceptors (Lipinski definition) is 6. The molecule has 1 amide bonds. The van der Waals surface area contributed by atoms with Gasteiger partial charge in [0.1, 0.15) is 5.54 Å². The van der Waals surface area contributed by atoms with E-state index in [4.69, 9.17) is 0 Å². The monoisotopic (exact) mass is 370 g/mol. The van der Waals surface area contributed by atoms with Crippen molar-refractivity contribution in [2.75, 3.05) is 5.75 Å². The first-order valence-electron chi connectivity index (χ1n) is 8.74. The molecule has 1 N–H and O–H groups in total. The summed E-state index contributed by atoms with van der Waals surface area (Å²) in [4.78, 5) is 12.4. The highest BCUT2D eigenvalue weighted by Crippen LogP contribution is 2.28. The van der Waals surface area contributed by atoms with Crippen molar-refractivity contribution in [3.05, 3.63) is 29.3 Å². The molecule has 1 aromatic heterocycles. The van der Waals surface area contributed by atoms with Crippen LogP contribution in [0.25, 0.3) is 5.69 Å². The fourth-order valence-electron chi connectivity index (χ4n) is 3.14. The Labute approximate surface area is 157 Å². The average Bonchev–Trinajstić information content (AvgIpc) is 3.11. The van der Waals surface area contributed by atoms with Crippen molar-refractivity contribution in [1.82, 2.24) is 25.5 Å². The van der Waals surface area contributed by atoms with Crippen molar-refractivity contribution in [2.45, 2.75) is 56.6 Å². The summed E-state index contributed by atoms with van der Waals surface area (Å²) in [5, 5.41) is 24.7. The molecule has 1 aliphatic carbocycles. The third-order valence-corrected chi connectivity index (χ3v) is 5.73. The minimum atomic E-state index is -0.712. The predicted molar refractivity (Wildman–Crippen MR) is 98.9 cm³/mol. The minimum Gasteiger partial charge on any atom is -0.337 e. The fraction of sp³-hybridized carbons (Fsp3) is 0.500. The highest BCUT2D eigenvalue weighted by molar-refractivity contribution is 7.99. The highest BCUT2D eigenvalue weighted by Gasteiger charge is 2.33.